The molecule has 0 aliphatic heterocycles. The number of rotatable bonds is 3. The van der Waals surface area contributed by atoms with Crippen LogP contribution in [0.25, 0.3) is 0 Å². The molecule has 0 fully saturated rings. The fourth-order valence-corrected chi connectivity index (χ4v) is 10.8. The van der Waals surface area contributed by atoms with E-state index in [0.717, 1.165) is 0 Å². The molecule has 0 atom stereocenters. The van der Waals surface area contributed by atoms with Gasteiger partial charge in [-0.25, -0.2) is 0 Å². The van der Waals surface area contributed by atoms with Crippen LogP contribution in [0.15, 0.2) is 91.0 Å². The Labute approximate surface area is 141 Å². The van der Waals surface area contributed by atoms with Gasteiger partial charge in [-0.15, -0.1) is 0 Å². The Balaban J connectivity index is 2.36. The first-order chi connectivity index (χ1) is 10.1. The summed E-state index contributed by atoms with van der Waals surface area (Å²) in [5.41, 5.74) is 0. The zero-order valence-electron chi connectivity index (χ0n) is 11.4. The summed E-state index contributed by atoms with van der Waals surface area (Å²) in [6, 6.07) is 31.9. The van der Waals surface area contributed by atoms with Crippen molar-refractivity contribution in [1.82, 2.24) is 0 Å². The summed E-state index contributed by atoms with van der Waals surface area (Å²) in [4.78, 5) is 0. The molecule has 0 aromatic heterocycles. The molecule has 3 aromatic rings. The van der Waals surface area contributed by atoms with E-state index in [1.165, 1.54) is 15.9 Å². The van der Waals surface area contributed by atoms with Crippen LogP contribution in [0, 0.1) is 0 Å². The van der Waals surface area contributed by atoms with Crippen LogP contribution in [-0.2, 0) is 0 Å². The standard InChI is InChI=1S/C18H16Br2P/c19-21(20,16-10-4-1-5-11-16,17-12-6-2-7-13-17)18-14-8-3-9-15-18/h1-15,21H/q-1. The first-order valence-corrected chi connectivity index (χ1v) is 13.9. The second-order valence-electron chi connectivity index (χ2n) is 5.11. The molecule has 0 saturated heterocycles. The molecule has 0 unspecified atom stereocenters. The van der Waals surface area contributed by atoms with Crippen molar-refractivity contribution >= 4 is 50.9 Å². The summed E-state index contributed by atoms with van der Waals surface area (Å²) in [6.45, 7) is 0. The molecular weight excluding hydrogens is 407 g/mol. The van der Waals surface area contributed by atoms with E-state index >= 15 is 0 Å². The summed E-state index contributed by atoms with van der Waals surface area (Å²) in [7, 11) is 0. The van der Waals surface area contributed by atoms with Crippen molar-refractivity contribution in [3.05, 3.63) is 91.0 Å². The zero-order valence-corrected chi connectivity index (χ0v) is 15.6. The van der Waals surface area contributed by atoms with Gasteiger partial charge in [0.05, 0.1) is 0 Å². The van der Waals surface area contributed by atoms with E-state index in [9.17, 15) is 0 Å². The van der Waals surface area contributed by atoms with Crippen molar-refractivity contribution in [3.63, 3.8) is 0 Å². The Bertz CT molecular complexity index is 622. The Hall–Kier alpha value is -0.950. The summed E-state index contributed by atoms with van der Waals surface area (Å²) < 4.78 is -3.05. The second-order valence-corrected chi connectivity index (χ2v) is 21.6. The monoisotopic (exact) mass is 421 g/mol. The first-order valence-electron chi connectivity index (χ1n) is 6.86. The molecular formula is C18H16Br2P-. The fourth-order valence-electron chi connectivity index (χ4n) is 2.69. The predicted molar refractivity (Wildman–Crippen MR) is 104 cm³/mol. The Morgan fingerprint density at radius 3 is 0.905 bits per heavy atom. The van der Waals surface area contributed by atoms with Gasteiger partial charge in [-0.2, -0.15) is 0 Å². The quantitative estimate of drug-likeness (QED) is 0.528. The van der Waals surface area contributed by atoms with Gasteiger partial charge in [0.25, 0.3) is 0 Å². The van der Waals surface area contributed by atoms with E-state index in [1.807, 2.05) is 0 Å². The van der Waals surface area contributed by atoms with E-state index in [2.05, 4.69) is 122 Å². The molecule has 0 radical (unpaired) electrons. The minimum atomic E-state index is -3.05. The fraction of sp³-hybridized carbons (Fsp3) is 0. The van der Waals surface area contributed by atoms with Crippen LogP contribution in [-0.4, -0.2) is 0 Å². The van der Waals surface area contributed by atoms with E-state index in [-0.39, 0.29) is 0 Å². The summed E-state index contributed by atoms with van der Waals surface area (Å²) in [5.74, 6) is 0. The Kier molecular flexibility index (Phi) is 4.05. The van der Waals surface area contributed by atoms with Crippen molar-refractivity contribution in [2.24, 2.45) is 0 Å². The van der Waals surface area contributed by atoms with Crippen molar-refractivity contribution in [2.75, 3.05) is 0 Å². The van der Waals surface area contributed by atoms with E-state index in [1.54, 1.807) is 0 Å². The summed E-state index contributed by atoms with van der Waals surface area (Å²) in [6.07, 6.45) is 0. The van der Waals surface area contributed by atoms with Gasteiger partial charge >= 0.3 is 142 Å². The van der Waals surface area contributed by atoms with Gasteiger partial charge in [0.1, 0.15) is 0 Å². The summed E-state index contributed by atoms with van der Waals surface area (Å²) in [5, 5.41) is 3.86. The molecule has 0 heterocycles. The average Bonchev–Trinajstić information content (AvgIpc) is 2.57. The van der Waals surface area contributed by atoms with Crippen molar-refractivity contribution in [3.8, 4) is 0 Å². The molecule has 0 saturated carbocycles. The third kappa shape index (κ3) is 2.50. The maximum absolute atomic E-state index is 4.18. The maximum atomic E-state index is 4.18. The van der Waals surface area contributed by atoms with Crippen LogP contribution < -0.4 is 15.9 Å². The third-order valence-corrected chi connectivity index (χ3v) is 16.1. The van der Waals surface area contributed by atoms with Crippen molar-refractivity contribution in [1.29, 1.82) is 0 Å². The van der Waals surface area contributed by atoms with Crippen LogP contribution in [0.2, 0.25) is 0 Å². The number of benzene rings is 3. The molecule has 108 valence electrons. The molecule has 21 heavy (non-hydrogen) atoms. The topological polar surface area (TPSA) is 0 Å². The van der Waals surface area contributed by atoms with Gasteiger partial charge < -0.3 is 0 Å². The van der Waals surface area contributed by atoms with Crippen molar-refractivity contribution < 1.29 is 0 Å². The number of hydrogen-bond acceptors (Lipinski definition) is 0. The van der Waals surface area contributed by atoms with E-state index in [0.29, 0.717) is 0 Å². The Morgan fingerprint density at radius 1 is 0.429 bits per heavy atom. The second kappa shape index (κ2) is 5.68. The van der Waals surface area contributed by atoms with Crippen LogP contribution in [0.3, 0.4) is 0 Å². The zero-order chi connectivity index (χ0) is 14.8. The summed E-state index contributed by atoms with van der Waals surface area (Å²) >= 11 is 8.37. The minimum absolute atomic E-state index is 1.29. The molecule has 0 amide bonds. The molecule has 0 aliphatic rings. The molecule has 3 heteroatoms. The van der Waals surface area contributed by atoms with Gasteiger partial charge in [-0.1, -0.05) is 0 Å². The van der Waals surface area contributed by atoms with Gasteiger partial charge in [-0.05, 0) is 0 Å². The molecule has 0 N–H and O–H groups in total. The molecule has 3 rings (SSSR count). The molecule has 3 aromatic carbocycles. The average molecular weight is 423 g/mol. The van der Waals surface area contributed by atoms with Crippen LogP contribution in [0.5, 0.6) is 0 Å². The SMILES string of the molecule is Br[PH-](Br)(c1ccccc1)(c1ccccc1)c1ccccc1. The van der Waals surface area contributed by atoms with Crippen molar-refractivity contribution in [2.45, 2.75) is 0 Å². The predicted octanol–water partition coefficient (Wildman–Crippen LogP) is 4.87. The Morgan fingerprint density at radius 2 is 0.667 bits per heavy atom. The van der Waals surface area contributed by atoms with Gasteiger partial charge in [0, 0.05) is 0 Å². The number of hydrogen-bond donors (Lipinski definition) is 0. The van der Waals surface area contributed by atoms with Gasteiger partial charge in [-0.3, -0.25) is 0 Å². The van der Waals surface area contributed by atoms with Crippen LogP contribution >= 0.6 is 35.0 Å². The molecule has 0 nitrogen and oxygen atoms in total. The van der Waals surface area contributed by atoms with E-state index in [4.69, 9.17) is 0 Å². The van der Waals surface area contributed by atoms with Gasteiger partial charge in [0.2, 0.25) is 0 Å². The van der Waals surface area contributed by atoms with E-state index < -0.39 is 4.01 Å². The van der Waals surface area contributed by atoms with Gasteiger partial charge in [0.15, 0.2) is 0 Å². The first kappa shape index (κ1) is 15.0. The third-order valence-electron chi connectivity index (χ3n) is 3.84. The molecule has 0 spiro atoms. The number of halogens is 2. The normalized spacial score (nSPS) is 13.3. The van der Waals surface area contributed by atoms with Crippen LogP contribution in [0.4, 0.5) is 0 Å². The van der Waals surface area contributed by atoms with Crippen LogP contribution in [0.1, 0.15) is 0 Å². The molecule has 0 aliphatic carbocycles. The molecule has 0 bridgehead atoms.